The van der Waals surface area contributed by atoms with Gasteiger partial charge in [0.15, 0.2) is 12.1 Å². The summed E-state index contributed by atoms with van der Waals surface area (Å²) < 4.78 is 17.3. The number of ether oxygens (including phenoxy) is 3. The molecule has 0 saturated heterocycles. The largest absolute Gasteiger partial charge is 0.477 e. The van der Waals surface area contributed by atoms with Crippen molar-refractivity contribution in [3.05, 3.63) is 24.3 Å². The number of quaternary nitrogens is 1. The zero-order valence-electron chi connectivity index (χ0n) is 39.5. The molecule has 2 unspecified atom stereocenters. The highest BCUT2D eigenvalue weighted by molar-refractivity contribution is 5.72. The lowest BCUT2D eigenvalue weighted by Crippen LogP contribution is -2.50. The van der Waals surface area contributed by atoms with Crippen molar-refractivity contribution in [1.29, 1.82) is 0 Å². The van der Waals surface area contributed by atoms with Gasteiger partial charge < -0.3 is 23.8 Å². The van der Waals surface area contributed by atoms with Crippen molar-refractivity contribution in [3.63, 3.8) is 0 Å². The van der Waals surface area contributed by atoms with Crippen LogP contribution in [0.15, 0.2) is 24.3 Å². The summed E-state index contributed by atoms with van der Waals surface area (Å²) in [7, 11) is 5.53. The van der Waals surface area contributed by atoms with Crippen LogP contribution in [0.1, 0.15) is 232 Å². The summed E-state index contributed by atoms with van der Waals surface area (Å²) >= 11 is 0. The Morgan fingerprint density at radius 2 is 0.847 bits per heavy atom. The molecule has 59 heavy (non-hydrogen) atoms. The predicted octanol–water partition coefficient (Wildman–Crippen LogP) is 14.0. The first kappa shape index (κ1) is 56.8. The third-order valence-electron chi connectivity index (χ3n) is 11.3. The minimum absolute atomic E-state index is 0.0561. The van der Waals surface area contributed by atoms with Crippen molar-refractivity contribution in [2.45, 2.75) is 244 Å². The van der Waals surface area contributed by atoms with Gasteiger partial charge in [0.1, 0.15) is 6.61 Å². The molecule has 0 aromatic carbocycles. The first-order valence-electron chi connectivity index (χ1n) is 24.9. The molecule has 0 aliphatic heterocycles. The Hall–Kier alpha value is -2.19. The molecule has 1 N–H and O–H groups in total. The molecule has 2 atom stereocenters. The van der Waals surface area contributed by atoms with Crippen LogP contribution in [0.2, 0.25) is 0 Å². The van der Waals surface area contributed by atoms with E-state index in [2.05, 4.69) is 38.2 Å². The number of rotatable bonds is 45. The Kier molecular flexibility index (Phi) is 40.9. The molecule has 0 amide bonds. The number of carboxylic acids is 1. The maximum atomic E-state index is 12.7. The number of carbonyl (C=O) groups is 3. The summed E-state index contributed by atoms with van der Waals surface area (Å²) in [4.78, 5) is 37.1. The number of carbonyl (C=O) groups excluding carboxylic acids is 2. The molecule has 8 nitrogen and oxygen atoms in total. The van der Waals surface area contributed by atoms with Crippen LogP contribution in [0.4, 0.5) is 0 Å². The molecule has 0 saturated carbocycles. The summed E-state index contributed by atoms with van der Waals surface area (Å²) in [6.07, 6.45) is 48.0. The molecule has 0 bridgehead atoms. The van der Waals surface area contributed by atoms with Crippen LogP contribution in [0.3, 0.4) is 0 Å². The van der Waals surface area contributed by atoms with Gasteiger partial charge in [-0.2, -0.15) is 0 Å². The third kappa shape index (κ3) is 41.0. The summed E-state index contributed by atoms with van der Waals surface area (Å²) in [5, 5.41) is 9.63. The SMILES string of the molecule is CCCCCCCCC/C=C/CCCCCC(=O)OC(COCCC(C(=O)O)[N+](C)(C)C)COC(=O)CCCCCCCCC/C=C/CCCCCCCCCCCC. The van der Waals surface area contributed by atoms with Crippen molar-refractivity contribution in [2.75, 3.05) is 41.0 Å². The molecular formula is C51H96NO7+. The van der Waals surface area contributed by atoms with Crippen LogP contribution < -0.4 is 0 Å². The van der Waals surface area contributed by atoms with Crippen molar-refractivity contribution >= 4 is 17.9 Å². The Morgan fingerprint density at radius 3 is 1.24 bits per heavy atom. The van der Waals surface area contributed by atoms with Gasteiger partial charge in [-0.1, -0.05) is 173 Å². The van der Waals surface area contributed by atoms with Crippen LogP contribution in [0.5, 0.6) is 0 Å². The second kappa shape index (κ2) is 42.5. The fraction of sp³-hybridized carbons (Fsp3) is 0.863. The van der Waals surface area contributed by atoms with Gasteiger partial charge in [-0.05, 0) is 64.2 Å². The van der Waals surface area contributed by atoms with Crippen molar-refractivity contribution in [2.24, 2.45) is 0 Å². The summed E-state index contributed by atoms with van der Waals surface area (Å²) in [6.45, 7) is 4.74. The number of allylic oxidation sites excluding steroid dienone is 4. The maximum Gasteiger partial charge on any atom is 0.362 e. The minimum atomic E-state index is -0.876. The highest BCUT2D eigenvalue weighted by atomic mass is 16.6. The van der Waals surface area contributed by atoms with E-state index in [1.165, 1.54) is 148 Å². The van der Waals surface area contributed by atoms with E-state index in [4.69, 9.17) is 14.2 Å². The van der Waals surface area contributed by atoms with E-state index in [1.807, 2.05) is 21.1 Å². The average Bonchev–Trinajstić information content (AvgIpc) is 3.19. The van der Waals surface area contributed by atoms with E-state index < -0.39 is 18.1 Å². The van der Waals surface area contributed by atoms with Gasteiger partial charge >= 0.3 is 17.9 Å². The van der Waals surface area contributed by atoms with E-state index in [0.29, 0.717) is 19.3 Å². The number of unbranched alkanes of at least 4 members (excludes halogenated alkanes) is 27. The van der Waals surface area contributed by atoms with E-state index in [-0.39, 0.29) is 36.2 Å². The summed E-state index contributed by atoms with van der Waals surface area (Å²) in [5.41, 5.74) is 0. The van der Waals surface area contributed by atoms with Crippen molar-refractivity contribution in [3.8, 4) is 0 Å². The summed E-state index contributed by atoms with van der Waals surface area (Å²) in [6, 6.07) is -0.616. The second-order valence-electron chi connectivity index (χ2n) is 18.1. The lowest BCUT2D eigenvalue weighted by atomic mass is 10.1. The highest BCUT2D eigenvalue weighted by Gasteiger charge is 2.31. The molecular weight excluding hydrogens is 739 g/mol. The van der Waals surface area contributed by atoms with Crippen molar-refractivity contribution in [1.82, 2.24) is 0 Å². The molecule has 0 heterocycles. The Bertz CT molecular complexity index is 1020. The molecule has 0 aromatic heterocycles. The van der Waals surface area contributed by atoms with Gasteiger partial charge in [-0.25, -0.2) is 4.79 Å². The van der Waals surface area contributed by atoms with Crippen molar-refractivity contribution < 1.29 is 38.2 Å². The third-order valence-corrected chi connectivity index (χ3v) is 11.3. The zero-order chi connectivity index (χ0) is 43.5. The molecule has 0 aliphatic carbocycles. The first-order chi connectivity index (χ1) is 28.6. The van der Waals surface area contributed by atoms with Crippen LogP contribution >= 0.6 is 0 Å². The maximum absolute atomic E-state index is 12.7. The molecule has 0 rings (SSSR count). The van der Waals surface area contributed by atoms with Gasteiger partial charge in [0, 0.05) is 19.3 Å². The quantitative estimate of drug-likeness (QED) is 0.0282. The molecule has 0 spiro atoms. The smallest absolute Gasteiger partial charge is 0.362 e. The predicted molar refractivity (Wildman–Crippen MR) is 248 cm³/mol. The topological polar surface area (TPSA) is 99.1 Å². The molecule has 0 radical (unpaired) electrons. The number of likely N-dealkylation sites (N-methyl/N-ethyl adjacent to an activating group) is 1. The molecule has 8 heteroatoms. The lowest BCUT2D eigenvalue weighted by Gasteiger charge is -2.31. The lowest BCUT2D eigenvalue weighted by molar-refractivity contribution is -0.887. The molecule has 0 aromatic rings. The minimum Gasteiger partial charge on any atom is -0.477 e. The Morgan fingerprint density at radius 1 is 0.492 bits per heavy atom. The van der Waals surface area contributed by atoms with Crippen LogP contribution in [0, 0.1) is 0 Å². The fourth-order valence-electron chi connectivity index (χ4n) is 7.43. The number of hydrogen-bond acceptors (Lipinski definition) is 6. The highest BCUT2D eigenvalue weighted by Crippen LogP contribution is 2.15. The van der Waals surface area contributed by atoms with E-state index >= 15 is 0 Å². The zero-order valence-corrected chi connectivity index (χ0v) is 39.5. The van der Waals surface area contributed by atoms with Crippen LogP contribution in [-0.4, -0.2) is 80.6 Å². The van der Waals surface area contributed by atoms with E-state index in [0.717, 1.165) is 51.4 Å². The normalized spacial score (nSPS) is 13.0. The monoisotopic (exact) mass is 835 g/mol. The van der Waals surface area contributed by atoms with Gasteiger partial charge in [0.25, 0.3) is 0 Å². The van der Waals surface area contributed by atoms with Gasteiger partial charge in [0.05, 0.1) is 34.4 Å². The molecule has 346 valence electrons. The van der Waals surface area contributed by atoms with Gasteiger partial charge in [-0.15, -0.1) is 0 Å². The number of hydrogen-bond donors (Lipinski definition) is 1. The fourth-order valence-corrected chi connectivity index (χ4v) is 7.43. The number of carboxylic acid groups (broad SMARTS) is 1. The molecule has 0 aliphatic rings. The average molecular weight is 835 g/mol. The van der Waals surface area contributed by atoms with Gasteiger partial charge in [0.2, 0.25) is 0 Å². The summed E-state index contributed by atoms with van der Waals surface area (Å²) in [5.74, 6) is -1.48. The van der Waals surface area contributed by atoms with Gasteiger partial charge in [-0.3, -0.25) is 9.59 Å². The molecule has 0 fully saturated rings. The Balaban J connectivity index is 4.24. The van der Waals surface area contributed by atoms with E-state index in [1.54, 1.807) is 0 Å². The van der Waals surface area contributed by atoms with E-state index in [9.17, 15) is 19.5 Å². The first-order valence-corrected chi connectivity index (χ1v) is 24.9. The Labute approximate surface area is 364 Å². The second-order valence-corrected chi connectivity index (χ2v) is 18.1. The number of nitrogens with zero attached hydrogens (tertiary/aromatic N) is 1. The standard InChI is InChI=1S/C51H95NO7/c1-6-8-10-12-14-16-18-20-22-23-24-25-26-27-28-30-31-33-35-37-39-41-49(53)58-46-47(45-57-44-43-48(51(55)56)52(3,4)5)59-50(54)42-40-38-36-34-32-29-21-19-17-15-13-11-9-7-2/h25-26,29,32,47-48H,6-24,27-28,30-31,33-46H2,1-5H3/p+1/b26-25+,32-29+. The van der Waals surface area contributed by atoms with Crippen LogP contribution in [0.25, 0.3) is 0 Å². The van der Waals surface area contributed by atoms with Crippen LogP contribution in [-0.2, 0) is 28.6 Å². The number of esters is 2. The number of aliphatic carboxylic acids is 1.